The fourth-order valence-corrected chi connectivity index (χ4v) is 2.70. The Morgan fingerprint density at radius 2 is 1.81 bits per heavy atom. The molecular formula is C18H26N4O5. The summed E-state index contributed by atoms with van der Waals surface area (Å²) in [6.45, 7) is -0.111. The van der Waals surface area contributed by atoms with Crippen LogP contribution in [0, 0.1) is 0 Å². The molecule has 0 aliphatic rings. The Bertz CT molecular complexity index is 638. The number of carboxylic acids is 1. The number of nitrogens with zero attached hydrogens (tertiary/aromatic N) is 1. The van der Waals surface area contributed by atoms with Gasteiger partial charge in [0.1, 0.15) is 12.1 Å². The van der Waals surface area contributed by atoms with Crippen molar-refractivity contribution in [1.29, 1.82) is 0 Å². The van der Waals surface area contributed by atoms with Gasteiger partial charge in [0.15, 0.2) is 0 Å². The van der Waals surface area contributed by atoms with Crippen molar-refractivity contribution in [2.24, 2.45) is 11.5 Å². The van der Waals surface area contributed by atoms with E-state index in [2.05, 4.69) is 5.32 Å². The molecular weight excluding hydrogens is 352 g/mol. The lowest BCUT2D eigenvalue weighted by Crippen LogP contribution is -2.57. The van der Waals surface area contributed by atoms with Crippen LogP contribution in [-0.4, -0.2) is 59.4 Å². The van der Waals surface area contributed by atoms with Crippen molar-refractivity contribution < 1.29 is 24.3 Å². The molecule has 1 aromatic carbocycles. The molecule has 9 nitrogen and oxygen atoms in total. The largest absolute Gasteiger partial charge is 0.480 e. The predicted octanol–water partition coefficient (Wildman–Crippen LogP) is -0.760. The van der Waals surface area contributed by atoms with Crippen LogP contribution in [0.5, 0.6) is 0 Å². The highest BCUT2D eigenvalue weighted by Gasteiger charge is 2.37. The van der Waals surface area contributed by atoms with Crippen LogP contribution >= 0.6 is 0 Å². The molecule has 3 amide bonds. The average molecular weight is 378 g/mol. The van der Waals surface area contributed by atoms with E-state index in [1.807, 2.05) is 0 Å². The van der Waals surface area contributed by atoms with Crippen LogP contribution in [0.1, 0.15) is 24.8 Å². The lowest BCUT2D eigenvalue weighted by molar-refractivity contribution is -0.158. The van der Waals surface area contributed by atoms with Crippen molar-refractivity contribution in [3.8, 4) is 0 Å². The van der Waals surface area contributed by atoms with Crippen LogP contribution in [0.25, 0.3) is 0 Å². The summed E-state index contributed by atoms with van der Waals surface area (Å²) in [6, 6.07) is 6.18. The number of carboxylic acid groups (broad SMARTS) is 1. The number of imide groups is 1. The molecule has 1 aromatic rings. The Labute approximate surface area is 157 Å². The topological polar surface area (TPSA) is 156 Å². The molecule has 0 radical (unpaired) electrons. The summed E-state index contributed by atoms with van der Waals surface area (Å²) >= 11 is 0. The second-order valence-electron chi connectivity index (χ2n) is 5.97. The molecule has 2 unspecified atom stereocenters. The highest BCUT2D eigenvalue weighted by Crippen LogP contribution is 2.14. The molecule has 0 fully saturated rings. The third kappa shape index (κ3) is 6.80. The molecule has 2 atom stereocenters. The molecule has 0 spiro atoms. The maximum atomic E-state index is 12.9. The molecule has 9 heteroatoms. The predicted molar refractivity (Wildman–Crippen MR) is 98.4 cm³/mol. The van der Waals surface area contributed by atoms with Gasteiger partial charge in [-0.2, -0.15) is 0 Å². The van der Waals surface area contributed by atoms with Gasteiger partial charge in [-0.25, -0.2) is 4.79 Å². The first-order valence-electron chi connectivity index (χ1n) is 8.68. The summed E-state index contributed by atoms with van der Waals surface area (Å²) in [7, 11) is 0. The number of aliphatic carboxylic acids is 1. The molecule has 0 bridgehead atoms. The van der Waals surface area contributed by atoms with Gasteiger partial charge in [-0.15, -0.1) is 0 Å². The number of hydrogen-bond donors (Lipinski definition) is 4. The lowest BCUT2D eigenvalue weighted by Gasteiger charge is -2.30. The van der Waals surface area contributed by atoms with Gasteiger partial charge in [-0.3, -0.25) is 19.3 Å². The van der Waals surface area contributed by atoms with E-state index < -0.39 is 36.4 Å². The van der Waals surface area contributed by atoms with Gasteiger partial charge in [0, 0.05) is 6.42 Å². The number of carbonyl (C=O) groups excluding carboxylic acids is 3. The highest BCUT2D eigenvalue weighted by molar-refractivity contribution is 6.02. The number of hydrogen-bond acceptors (Lipinski definition) is 6. The van der Waals surface area contributed by atoms with Gasteiger partial charge in [-0.05, 0) is 31.4 Å². The Balaban J connectivity index is 3.13. The van der Waals surface area contributed by atoms with E-state index in [1.165, 1.54) is 0 Å². The standard InChI is InChI=1S/C18H26N4O5/c19-9-5-4-8-14(21-12-23)17(25)22(16(24)11-20)15(18(26)27)10-13-6-2-1-3-7-13/h1-3,6-7,12,14-15H,4-5,8-11,19-20H2,(H,21,23)(H,26,27). The fourth-order valence-electron chi connectivity index (χ4n) is 2.70. The van der Waals surface area contributed by atoms with Crippen molar-refractivity contribution in [1.82, 2.24) is 10.2 Å². The zero-order valence-corrected chi connectivity index (χ0v) is 15.0. The van der Waals surface area contributed by atoms with Crippen LogP contribution in [0.15, 0.2) is 30.3 Å². The molecule has 0 aromatic heterocycles. The maximum Gasteiger partial charge on any atom is 0.327 e. The SMILES string of the molecule is NCCCCC(NC=O)C(=O)N(C(=O)CN)C(Cc1ccccc1)C(=O)O. The third-order valence-corrected chi connectivity index (χ3v) is 4.06. The summed E-state index contributed by atoms with van der Waals surface area (Å²) in [6.07, 6.45) is 1.69. The van der Waals surface area contributed by atoms with Gasteiger partial charge in [0.2, 0.25) is 12.3 Å². The first kappa shape index (κ1) is 22.3. The summed E-state index contributed by atoms with van der Waals surface area (Å²) in [5, 5.41) is 12.0. The highest BCUT2D eigenvalue weighted by atomic mass is 16.4. The van der Waals surface area contributed by atoms with Crippen molar-refractivity contribution in [2.75, 3.05) is 13.1 Å². The van der Waals surface area contributed by atoms with Crippen molar-refractivity contribution in [3.63, 3.8) is 0 Å². The van der Waals surface area contributed by atoms with Gasteiger partial charge in [0.25, 0.3) is 5.91 Å². The summed E-state index contributed by atoms with van der Waals surface area (Å²) in [5.41, 5.74) is 11.5. The minimum Gasteiger partial charge on any atom is -0.480 e. The van der Waals surface area contributed by atoms with Crippen LogP contribution in [0.2, 0.25) is 0 Å². The Hall–Kier alpha value is -2.78. The number of unbranched alkanes of at least 4 members (excludes halogenated alkanes) is 1. The van der Waals surface area contributed by atoms with E-state index in [-0.39, 0.29) is 12.8 Å². The normalized spacial score (nSPS) is 12.7. The number of nitrogens with two attached hydrogens (primary N) is 2. The molecule has 148 valence electrons. The summed E-state index contributed by atoms with van der Waals surface area (Å²) in [4.78, 5) is 48.6. The zero-order valence-electron chi connectivity index (χ0n) is 15.0. The second kappa shape index (κ2) is 11.8. The number of amides is 3. The van der Waals surface area contributed by atoms with Gasteiger partial charge in [0.05, 0.1) is 6.54 Å². The van der Waals surface area contributed by atoms with Crippen LogP contribution in [0.3, 0.4) is 0 Å². The Kier molecular flexibility index (Phi) is 9.70. The second-order valence-corrected chi connectivity index (χ2v) is 5.97. The molecule has 0 saturated carbocycles. The smallest absolute Gasteiger partial charge is 0.327 e. The van der Waals surface area contributed by atoms with Crippen LogP contribution in [-0.2, 0) is 25.6 Å². The quantitative estimate of drug-likeness (QED) is 0.275. The van der Waals surface area contributed by atoms with Crippen LogP contribution in [0.4, 0.5) is 0 Å². The Morgan fingerprint density at radius 1 is 1.15 bits per heavy atom. The average Bonchev–Trinajstić information content (AvgIpc) is 2.67. The first-order chi connectivity index (χ1) is 13.0. The van der Waals surface area contributed by atoms with E-state index in [0.717, 1.165) is 0 Å². The number of carbonyl (C=O) groups is 4. The number of rotatable bonds is 12. The van der Waals surface area contributed by atoms with Gasteiger partial charge < -0.3 is 21.9 Å². The van der Waals surface area contributed by atoms with E-state index in [1.54, 1.807) is 30.3 Å². The maximum absolute atomic E-state index is 12.9. The van der Waals surface area contributed by atoms with E-state index in [0.29, 0.717) is 36.3 Å². The van der Waals surface area contributed by atoms with E-state index in [9.17, 15) is 24.3 Å². The van der Waals surface area contributed by atoms with Crippen molar-refractivity contribution >= 4 is 24.2 Å². The Morgan fingerprint density at radius 3 is 2.33 bits per heavy atom. The number of benzene rings is 1. The molecule has 6 N–H and O–H groups in total. The van der Waals surface area contributed by atoms with Crippen molar-refractivity contribution in [2.45, 2.75) is 37.8 Å². The molecule has 0 aliphatic heterocycles. The molecule has 27 heavy (non-hydrogen) atoms. The minimum atomic E-state index is -1.43. The van der Waals surface area contributed by atoms with E-state index in [4.69, 9.17) is 11.5 Å². The third-order valence-electron chi connectivity index (χ3n) is 4.06. The minimum absolute atomic E-state index is 0.0652. The van der Waals surface area contributed by atoms with Gasteiger partial charge in [-0.1, -0.05) is 30.3 Å². The monoisotopic (exact) mass is 378 g/mol. The number of nitrogens with one attached hydrogen (secondary N) is 1. The van der Waals surface area contributed by atoms with Crippen LogP contribution < -0.4 is 16.8 Å². The van der Waals surface area contributed by atoms with Gasteiger partial charge >= 0.3 is 5.97 Å². The summed E-state index contributed by atoms with van der Waals surface area (Å²) in [5.74, 6) is -2.95. The molecule has 1 rings (SSSR count). The first-order valence-corrected chi connectivity index (χ1v) is 8.68. The zero-order chi connectivity index (χ0) is 20.2. The van der Waals surface area contributed by atoms with Crippen molar-refractivity contribution in [3.05, 3.63) is 35.9 Å². The molecule has 0 heterocycles. The molecule has 0 aliphatic carbocycles. The fraction of sp³-hybridized carbons (Fsp3) is 0.444. The summed E-state index contributed by atoms with van der Waals surface area (Å²) < 4.78 is 0. The van der Waals surface area contributed by atoms with E-state index >= 15 is 0 Å². The lowest BCUT2D eigenvalue weighted by atomic mass is 10.0. The molecule has 0 saturated heterocycles.